The van der Waals surface area contributed by atoms with E-state index in [-0.39, 0.29) is 11.9 Å². The summed E-state index contributed by atoms with van der Waals surface area (Å²) in [5.74, 6) is 0.211. The van der Waals surface area contributed by atoms with Gasteiger partial charge >= 0.3 is 0 Å². The molecule has 1 fully saturated rings. The van der Waals surface area contributed by atoms with Gasteiger partial charge in [0.25, 0.3) is 0 Å². The maximum atomic E-state index is 13.5. The summed E-state index contributed by atoms with van der Waals surface area (Å²) in [5, 5.41) is 0.420. The van der Waals surface area contributed by atoms with Crippen molar-refractivity contribution < 1.29 is 9.13 Å². The summed E-state index contributed by atoms with van der Waals surface area (Å²) in [5.41, 5.74) is 6.77. The van der Waals surface area contributed by atoms with Crippen molar-refractivity contribution in [1.82, 2.24) is 4.90 Å². The van der Waals surface area contributed by atoms with E-state index in [1.165, 1.54) is 18.6 Å². The third kappa shape index (κ3) is 3.92. The molecule has 2 rings (SSSR count). The number of halogens is 2. The third-order valence-corrected chi connectivity index (χ3v) is 4.10. The first-order chi connectivity index (χ1) is 9.63. The summed E-state index contributed by atoms with van der Waals surface area (Å²) in [7, 11) is 1.73. The smallest absolute Gasteiger partial charge is 0.125 e. The first-order valence-corrected chi connectivity index (χ1v) is 7.41. The molecule has 0 saturated carbocycles. The van der Waals surface area contributed by atoms with Gasteiger partial charge in [0.1, 0.15) is 5.82 Å². The largest absolute Gasteiger partial charge is 0.384 e. The Balaban J connectivity index is 2.14. The predicted octanol–water partition coefficient (Wildman–Crippen LogP) is 2.84. The lowest BCUT2D eigenvalue weighted by atomic mass is 9.95. The van der Waals surface area contributed by atoms with Crippen LogP contribution in [0.1, 0.15) is 24.4 Å². The zero-order chi connectivity index (χ0) is 14.5. The van der Waals surface area contributed by atoms with E-state index in [4.69, 9.17) is 22.1 Å². The van der Waals surface area contributed by atoms with Gasteiger partial charge in [-0.1, -0.05) is 11.6 Å². The summed E-state index contributed by atoms with van der Waals surface area (Å²) in [6.07, 6.45) is 2.29. The van der Waals surface area contributed by atoms with Crippen LogP contribution >= 0.6 is 11.6 Å². The molecule has 3 nitrogen and oxygen atoms in total. The Hall–Kier alpha value is -0.680. The van der Waals surface area contributed by atoms with Crippen LogP contribution < -0.4 is 5.73 Å². The van der Waals surface area contributed by atoms with Gasteiger partial charge in [-0.15, -0.1) is 0 Å². The molecular formula is C15H22ClFN2O. The molecule has 1 saturated heterocycles. The summed E-state index contributed by atoms with van der Waals surface area (Å²) in [6, 6.07) is 4.68. The molecule has 112 valence electrons. The molecule has 0 spiro atoms. The highest BCUT2D eigenvalue weighted by molar-refractivity contribution is 6.30. The topological polar surface area (TPSA) is 38.5 Å². The highest BCUT2D eigenvalue weighted by Gasteiger charge is 2.26. The van der Waals surface area contributed by atoms with Gasteiger partial charge in [-0.3, -0.25) is 4.90 Å². The zero-order valence-electron chi connectivity index (χ0n) is 11.8. The van der Waals surface area contributed by atoms with E-state index in [2.05, 4.69) is 4.90 Å². The Morgan fingerprint density at radius 1 is 1.50 bits per heavy atom. The number of benzene rings is 1. The van der Waals surface area contributed by atoms with Gasteiger partial charge in [0.15, 0.2) is 0 Å². The Kier molecular flexibility index (Phi) is 5.78. The Morgan fingerprint density at radius 2 is 2.30 bits per heavy atom. The summed E-state index contributed by atoms with van der Waals surface area (Å²) < 4.78 is 18.8. The molecule has 2 atom stereocenters. The maximum absolute atomic E-state index is 13.5. The molecule has 1 heterocycles. The first-order valence-electron chi connectivity index (χ1n) is 7.03. The van der Waals surface area contributed by atoms with Crippen molar-refractivity contribution >= 4 is 11.6 Å². The second-order valence-electron chi connectivity index (χ2n) is 5.41. The normalized spacial score (nSPS) is 21.9. The minimum Gasteiger partial charge on any atom is -0.384 e. The Bertz CT molecular complexity index is 422. The lowest BCUT2D eigenvalue weighted by Crippen LogP contribution is -2.42. The molecule has 2 N–H and O–H groups in total. The average Bonchev–Trinajstić information content (AvgIpc) is 2.39. The van der Waals surface area contributed by atoms with E-state index in [1.807, 2.05) is 6.07 Å². The molecule has 0 radical (unpaired) electrons. The minimum absolute atomic E-state index is 0.0165. The second kappa shape index (κ2) is 7.36. The molecule has 0 aromatic heterocycles. The van der Waals surface area contributed by atoms with E-state index in [0.717, 1.165) is 31.7 Å². The lowest BCUT2D eigenvalue weighted by Gasteiger charge is -2.38. The molecule has 1 aliphatic heterocycles. The van der Waals surface area contributed by atoms with E-state index in [0.29, 0.717) is 17.5 Å². The quantitative estimate of drug-likeness (QED) is 0.909. The molecule has 1 aromatic carbocycles. The Labute approximate surface area is 124 Å². The number of rotatable bonds is 5. The number of piperidine rings is 1. The van der Waals surface area contributed by atoms with Gasteiger partial charge in [-0.05, 0) is 49.1 Å². The molecule has 20 heavy (non-hydrogen) atoms. The van der Waals surface area contributed by atoms with Gasteiger partial charge in [-0.25, -0.2) is 4.39 Å². The average molecular weight is 301 g/mol. The van der Waals surface area contributed by atoms with Crippen LogP contribution in [0.4, 0.5) is 4.39 Å². The lowest BCUT2D eigenvalue weighted by molar-refractivity contribution is 0.0696. The van der Waals surface area contributed by atoms with Crippen molar-refractivity contribution in [2.24, 2.45) is 11.7 Å². The van der Waals surface area contributed by atoms with Crippen molar-refractivity contribution in [2.45, 2.75) is 18.9 Å². The maximum Gasteiger partial charge on any atom is 0.125 e. The number of ether oxygens (including phenoxy) is 1. The van der Waals surface area contributed by atoms with Gasteiger partial charge in [0.2, 0.25) is 0 Å². The van der Waals surface area contributed by atoms with E-state index >= 15 is 0 Å². The van der Waals surface area contributed by atoms with E-state index in [1.54, 1.807) is 7.11 Å². The molecule has 0 aliphatic carbocycles. The number of hydrogen-bond donors (Lipinski definition) is 1. The van der Waals surface area contributed by atoms with Gasteiger partial charge < -0.3 is 10.5 Å². The number of nitrogens with two attached hydrogens (primary N) is 1. The molecule has 2 unspecified atom stereocenters. The van der Waals surface area contributed by atoms with Crippen molar-refractivity contribution in [3.05, 3.63) is 34.6 Å². The van der Waals surface area contributed by atoms with E-state index in [9.17, 15) is 4.39 Å². The van der Waals surface area contributed by atoms with Crippen molar-refractivity contribution in [2.75, 3.05) is 33.4 Å². The standard InChI is InChI=1S/C15H22ClFN2O/c1-20-10-11-3-2-4-19(9-11)15(8-18)12-5-13(16)7-14(17)6-12/h5-7,11,15H,2-4,8-10,18H2,1H3. The fourth-order valence-corrected chi connectivity index (χ4v) is 3.25. The van der Waals surface area contributed by atoms with Crippen LogP contribution in [-0.4, -0.2) is 38.3 Å². The highest BCUT2D eigenvalue weighted by Crippen LogP contribution is 2.28. The number of likely N-dealkylation sites (tertiary alicyclic amines) is 1. The van der Waals surface area contributed by atoms with Crippen LogP contribution in [0.2, 0.25) is 5.02 Å². The molecule has 1 aliphatic rings. The summed E-state index contributed by atoms with van der Waals surface area (Å²) in [6.45, 7) is 3.14. The summed E-state index contributed by atoms with van der Waals surface area (Å²) >= 11 is 5.95. The molecule has 0 amide bonds. The second-order valence-corrected chi connectivity index (χ2v) is 5.85. The van der Waals surface area contributed by atoms with E-state index < -0.39 is 0 Å². The Morgan fingerprint density at radius 3 is 2.95 bits per heavy atom. The van der Waals surface area contributed by atoms with Gasteiger partial charge in [0.05, 0.1) is 6.61 Å². The van der Waals surface area contributed by atoms with Crippen molar-refractivity contribution in [1.29, 1.82) is 0 Å². The van der Waals surface area contributed by atoms with Crippen LogP contribution in [0.15, 0.2) is 18.2 Å². The molecular weight excluding hydrogens is 279 g/mol. The van der Waals surface area contributed by atoms with Crippen LogP contribution in [0.25, 0.3) is 0 Å². The third-order valence-electron chi connectivity index (χ3n) is 3.89. The summed E-state index contributed by atoms with van der Waals surface area (Å²) in [4.78, 5) is 2.32. The SMILES string of the molecule is COCC1CCCN(C(CN)c2cc(F)cc(Cl)c2)C1. The highest BCUT2D eigenvalue weighted by atomic mass is 35.5. The monoisotopic (exact) mass is 300 g/mol. The minimum atomic E-state index is -0.309. The number of methoxy groups -OCH3 is 1. The van der Waals surface area contributed by atoms with Crippen LogP contribution in [-0.2, 0) is 4.74 Å². The van der Waals surface area contributed by atoms with Crippen LogP contribution in [0, 0.1) is 11.7 Å². The molecule has 5 heteroatoms. The molecule has 0 bridgehead atoms. The van der Waals surface area contributed by atoms with Crippen LogP contribution in [0.3, 0.4) is 0 Å². The van der Waals surface area contributed by atoms with Gasteiger partial charge in [0, 0.05) is 31.3 Å². The number of hydrogen-bond acceptors (Lipinski definition) is 3. The molecule has 1 aromatic rings. The van der Waals surface area contributed by atoms with Crippen LogP contribution in [0.5, 0.6) is 0 Å². The zero-order valence-corrected chi connectivity index (χ0v) is 12.6. The van der Waals surface area contributed by atoms with Crippen molar-refractivity contribution in [3.63, 3.8) is 0 Å². The van der Waals surface area contributed by atoms with Crippen molar-refractivity contribution in [3.8, 4) is 0 Å². The predicted molar refractivity (Wildman–Crippen MR) is 79.4 cm³/mol. The fraction of sp³-hybridized carbons (Fsp3) is 0.600. The fourth-order valence-electron chi connectivity index (χ4n) is 3.02. The number of nitrogens with zero attached hydrogens (tertiary/aromatic N) is 1. The first kappa shape index (κ1) is 15.7. The van der Waals surface area contributed by atoms with Gasteiger partial charge in [-0.2, -0.15) is 0 Å².